The summed E-state index contributed by atoms with van der Waals surface area (Å²) in [7, 11) is 0. The number of alkyl carbamates (subject to hydrolysis) is 1. The Balaban J connectivity index is 1.20. The molecule has 0 aromatic heterocycles. The van der Waals surface area contributed by atoms with Crippen LogP contribution in [0.1, 0.15) is 12.8 Å². The SMILES string of the molecule is O=C1NC2(CO1)CN(C(=O)O[C@H]1C[C@@H](Oc3ccccc3Cl)C1)C2. The van der Waals surface area contributed by atoms with Gasteiger partial charge in [-0.2, -0.15) is 0 Å². The second-order valence-electron chi connectivity index (χ2n) is 6.48. The Hall–Kier alpha value is -2.15. The number of amides is 2. The van der Waals surface area contributed by atoms with E-state index in [1.807, 2.05) is 18.2 Å². The van der Waals surface area contributed by atoms with Crippen molar-refractivity contribution in [2.24, 2.45) is 0 Å². The molecule has 1 spiro atoms. The number of nitrogens with zero attached hydrogens (tertiary/aromatic N) is 1. The Morgan fingerprint density at radius 3 is 2.71 bits per heavy atom. The van der Waals surface area contributed by atoms with E-state index in [1.54, 1.807) is 11.0 Å². The fourth-order valence-electron chi connectivity index (χ4n) is 3.12. The molecule has 3 fully saturated rings. The predicted octanol–water partition coefficient (Wildman–Crippen LogP) is 2.18. The van der Waals surface area contributed by atoms with Crippen LogP contribution in [0.5, 0.6) is 5.75 Å². The Labute approximate surface area is 143 Å². The van der Waals surface area contributed by atoms with Crippen LogP contribution < -0.4 is 10.1 Å². The summed E-state index contributed by atoms with van der Waals surface area (Å²) >= 11 is 6.05. The molecule has 24 heavy (non-hydrogen) atoms. The van der Waals surface area contributed by atoms with Crippen molar-refractivity contribution in [3.63, 3.8) is 0 Å². The number of cyclic esters (lactones) is 1. The molecule has 3 aliphatic rings. The third-order valence-electron chi connectivity index (χ3n) is 4.54. The average molecular weight is 353 g/mol. The van der Waals surface area contributed by atoms with Gasteiger partial charge in [-0.1, -0.05) is 23.7 Å². The van der Waals surface area contributed by atoms with Gasteiger partial charge in [0.1, 0.15) is 30.1 Å². The van der Waals surface area contributed by atoms with E-state index < -0.39 is 11.6 Å². The number of carbonyl (C=O) groups excluding carboxylic acids is 2. The minimum atomic E-state index is -0.429. The molecular weight excluding hydrogens is 336 g/mol. The van der Waals surface area contributed by atoms with Gasteiger partial charge in [0, 0.05) is 12.8 Å². The van der Waals surface area contributed by atoms with Crippen molar-refractivity contribution in [1.82, 2.24) is 10.2 Å². The predicted molar refractivity (Wildman–Crippen MR) is 84.2 cm³/mol. The van der Waals surface area contributed by atoms with Gasteiger partial charge in [0.05, 0.1) is 18.1 Å². The number of ether oxygens (including phenoxy) is 3. The molecule has 1 N–H and O–H groups in total. The molecule has 0 atom stereocenters. The minimum Gasteiger partial charge on any atom is -0.489 e. The van der Waals surface area contributed by atoms with Crippen LogP contribution in [0.25, 0.3) is 0 Å². The molecule has 2 saturated heterocycles. The number of benzene rings is 1. The molecule has 2 aliphatic heterocycles. The lowest BCUT2D eigenvalue weighted by molar-refractivity contribution is -0.0500. The summed E-state index contributed by atoms with van der Waals surface area (Å²) in [6.07, 6.45) is 0.374. The van der Waals surface area contributed by atoms with E-state index in [1.165, 1.54) is 0 Å². The van der Waals surface area contributed by atoms with Crippen LogP contribution in [0.2, 0.25) is 5.02 Å². The molecule has 0 bridgehead atoms. The lowest BCUT2D eigenvalue weighted by Crippen LogP contribution is -2.70. The van der Waals surface area contributed by atoms with E-state index in [4.69, 9.17) is 25.8 Å². The Bertz CT molecular complexity index is 670. The zero-order valence-electron chi connectivity index (χ0n) is 12.9. The average Bonchev–Trinajstić information content (AvgIpc) is 2.87. The number of hydrogen-bond acceptors (Lipinski definition) is 5. The molecule has 1 aromatic rings. The van der Waals surface area contributed by atoms with Crippen LogP contribution in [0.3, 0.4) is 0 Å². The summed E-state index contributed by atoms with van der Waals surface area (Å²) in [4.78, 5) is 24.7. The second kappa shape index (κ2) is 5.73. The van der Waals surface area contributed by atoms with Crippen molar-refractivity contribution in [2.75, 3.05) is 19.7 Å². The van der Waals surface area contributed by atoms with E-state index in [-0.39, 0.29) is 18.3 Å². The van der Waals surface area contributed by atoms with Crippen molar-refractivity contribution in [2.45, 2.75) is 30.6 Å². The number of hydrogen-bond donors (Lipinski definition) is 1. The lowest BCUT2D eigenvalue weighted by atomic mass is 9.91. The van der Waals surface area contributed by atoms with Gasteiger partial charge in [-0.05, 0) is 12.1 Å². The fraction of sp³-hybridized carbons (Fsp3) is 0.500. The highest BCUT2D eigenvalue weighted by molar-refractivity contribution is 6.32. The van der Waals surface area contributed by atoms with Crippen LogP contribution >= 0.6 is 11.6 Å². The van der Waals surface area contributed by atoms with E-state index in [2.05, 4.69) is 5.32 Å². The molecule has 8 heteroatoms. The fourth-order valence-corrected chi connectivity index (χ4v) is 3.30. The molecule has 2 heterocycles. The van der Waals surface area contributed by atoms with Crippen molar-refractivity contribution in [3.05, 3.63) is 29.3 Å². The summed E-state index contributed by atoms with van der Waals surface area (Å²) in [5.74, 6) is 0.649. The molecule has 4 rings (SSSR count). The lowest BCUT2D eigenvalue weighted by Gasteiger charge is -2.46. The summed E-state index contributed by atoms with van der Waals surface area (Å²) in [6.45, 7) is 1.14. The van der Waals surface area contributed by atoms with Gasteiger partial charge in [0.15, 0.2) is 0 Å². The Kier molecular flexibility index (Phi) is 3.68. The van der Waals surface area contributed by atoms with Gasteiger partial charge >= 0.3 is 12.2 Å². The van der Waals surface area contributed by atoms with E-state index in [9.17, 15) is 9.59 Å². The first-order chi connectivity index (χ1) is 11.5. The maximum Gasteiger partial charge on any atom is 0.410 e. The van der Waals surface area contributed by atoms with E-state index in [0.717, 1.165) is 0 Å². The monoisotopic (exact) mass is 352 g/mol. The largest absolute Gasteiger partial charge is 0.489 e. The van der Waals surface area contributed by atoms with E-state index in [0.29, 0.717) is 43.3 Å². The van der Waals surface area contributed by atoms with Crippen LogP contribution in [-0.4, -0.2) is 54.5 Å². The van der Waals surface area contributed by atoms with Crippen molar-refractivity contribution < 1.29 is 23.8 Å². The molecule has 1 aliphatic carbocycles. The molecule has 128 valence electrons. The quantitative estimate of drug-likeness (QED) is 0.902. The van der Waals surface area contributed by atoms with Crippen molar-refractivity contribution >= 4 is 23.8 Å². The van der Waals surface area contributed by atoms with Crippen LogP contribution in [0, 0.1) is 0 Å². The Morgan fingerprint density at radius 1 is 1.29 bits per heavy atom. The number of nitrogens with one attached hydrogen (secondary N) is 1. The van der Waals surface area contributed by atoms with Crippen LogP contribution in [0.15, 0.2) is 24.3 Å². The molecule has 1 saturated carbocycles. The number of rotatable bonds is 3. The van der Waals surface area contributed by atoms with Gasteiger partial charge in [0.25, 0.3) is 0 Å². The normalized spacial score (nSPS) is 26.9. The molecule has 7 nitrogen and oxygen atoms in total. The second-order valence-corrected chi connectivity index (χ2v) is 6.89. The first-order valence-electron chi connectivity index (χ1n) is 7.85. The third-order valence-corrected chi connectivity index (χ3v) is 4.85. The highest BCUT2D eigenvalue weighted by Crippen LogP contribution is 2.33. The minimum absolute atomic E-state index is 0.00736. The highest BCUT2D eigenvalue weighted by Gasteiger charge is 2.52. The molecule has 0 unspecified atom stereocenters. The first kappa shape index (κ1) is 15.4. The number of para-hydroxylation sites is 1. The topological polar surface area (TPSA) is 77.1 Å². The van der Waals surface area contributed by atoms with Gasteiger partial charge in [-0.3, -0.25) is 0 Å². The molecular formula is C16H17ClN2O5. The molecule has 2 amide bonds. The maximum atomic E-state index is 12.1. The summed E-state index contributed by atoms with van der Waals surface area (Å²) in [6, 6.07) is 7.30. The van der Waals surface area contributed by atoms with Crippen molar-refractivity contribution in [3.8, 4) is 5.75 Å². The number of carbonyl (C=O) groups is 2. The van der Waals surface area contributed by atoms with Crippen molar-refractivity contribution in [1.29, 1.82) is 0 Å². The van der Waals surface area contributed by atoms with Crippen LogP contribution in [-0.2, 0) is 9.47 Å². The van der Waals surface area contributed by atoms with Crippen LogP contribution in [0.4, 0.5) is 9.59 Å². The smallest absolute Gasteiger partial charge is 0.410 e. The number of likely N-dealkylation sites (tertiary alicyclic amines) is 1. The maximum absolute atomic E-state index is 12.1. The summed E-state index contributed by atoms with van der Waals surface area (Å²) in [5, 5.41) is 3.30. The molecule has 0 radical (unpaired) electrons. The van der Waals surface area contributed by atoms with E-state index >= 15 is 0 Å². The number of halogens is 1. The zero-order chi connectivity index (χ0) is 16.7. The van der Waals surface area contributed by atoms with Gasteiger partial charge < -0.3 is 24.4 Å². The Morgan fingerprint density at radius 2 is 2.04 bits per heavy atom. The summed E-state index contributed by atoms with van der Waals surface area (Å²) in [5.41, 5.74) is -0.425. The standard InChI is InChI=1S/C16H17ClN2O5/c17-12-3-1-2-4-13(12)23-10-5-11(6-10)24-15(21)19-7-16(8-19)9-22-14(20)18-16/h1-4,10-11H,5-9H2,(H,18,20)/t10-,11+. The highest BCUT2D eigenvalue weighted by atomic mass is 35.5. The zero-order valence-corrected chi connectivity index (χ0v) is 13.6. The summed E-state index contributed by atoms with van der Waals surface area (Å²) < 4.78 is 16.1. The first-order valence-corrected chi connectivity index (χ1v) is 8.22. The van der Waals surface area contributed by atoms with Gasteiger partial charge in [-0.15, -0.1) is 0 Å². The van der Waals surface area contributed by atoms with Gasteiger partial charge in [0.2, 0.25) is 0 Å². The molecule has 1 aromatic carbocycles. The van der Waals surface area contributed by atoms with Gasteiger partial charge in [-0.25, -0.2) is 9.59 Å². The third kappa shape index (κ3) is 2.84.